The zero-order valence-corrected chi connectivity index (χ0v) is 14.2. The third kappa shape index (κ3) is 3.01. The van der Waals surface area contributed by atoms with Crippen LogP contribution in [-0.4, -0.2) is 10.9 Å². The van der Waals surface area contributed by atoms with Crippen molar-refractivity contribution in [3.63, 3.8) is 0 Å². The Labute approximate surface area is 138 Å². The van der Waals surface area contributed by atoms with E-state index in [1.807, 2.05) is 12.1 Å². The number of pyridine rings is 1. The average Bonchev–Trinajstić information content (AvgIpc) is 2.97. The Bertz CT molecular complexity index is 821. The van der Waals surface area contributed by atoms with E-state index in [9.17, 15) is 4.79 Å². The predicted molar refractivity (Wildman–Crippen MR) is 90.6 cm³/mol. The van der Waals surface area contributed by atoms with Crippen LogP contribution < -0.4 is 5.32 Å². The van der Waals surface area contributed by atoms with E-state index in [1.165, 1.54) is 4.88 Å². The van der Waals surface area contributed by atoms with Crippen LogP contribution in [-0.2, 0) is 16.6 Å². The number of hydrogen-bond donors (Lipinski definition) is 1. The van der Waals surface area contributed by atoms with Gasteiger partial charge >= 0.3 is 0 Å². The number of nitrogens with zero attached hydrogens (tertiary/aromatic N) is 1. The standard InChI is InChI=1S/C17H15ClN2OS/c1-17(2,3)14-7-11(16(18)22-14)5-4-10-6-13-12(19-9-10)8-15(21)20-13/h6-7,9H,8H2,1-3H3,(H,20,21). The zero-order valence-electron chi connectivity index (χ0n) is 12.6. The number of thiophene rings is 1. The molecule has 0 saturated heterocycles. The Kier molecular flexibility index (Phi) is 3.72. The lowest BCUT2D eigenvalue weighted by Gasteiger charge is -2.14. The fourth-order valence-corrected chi connectivity index (χ4v) is 3.37. The van der Waals surface area contributed by atoms with E-state index in [-0.39, 0.29) is 11.3 Å². The van der Waals surface area contributed by atoms with Gasteiger partial charge in [-0.25, -0.2) is 0 Å². The molecule has 0 spiro atoms. The molecule has 0 bridgehead atoms. The highest BCUT2D eigenvalue weighted by Gasteiger charge is 2.19. The SMILES string of the molecule is CC(C)(C)c1cc(C#Cc2cnc3c(c2)NC(=O)C3)c(Cl)s1. The fourth-order valence-electron chi connectivity index (χ4n) is 2.12. The van der Waals surface area contributed by atoms with Crippen molar-refractivity contribution in [3.8, 4) is 11.8 Å². The Hall–Kier alpha value is -1.83. The third-order valence-electron chi connectivity index (χ3n) is 3.34. The maximum atomic E-state index is 11.3. The summed E-state index contributed by atoms with van der Waals surface area (Å²) in [6.45, 7) is 6.46. The Morgan fingerprint density at radius 2 is 2.09 bits per heavy atom. The average molecular weight is 331 g/mol. The van der Waals surface area contributed by atoms with Crippen molar-refractivity contribution in [2.45, 2.75) is 32.6 Å². The van der Waals surface area contributed by atoms with Gasteiger partial charge in [0.05, 0.1) is 23.4 Å². The third-order valence-corrected chi connectivity index (χ3v) is 5.12. The van der Waals surface area contributed by atoms with Gasteiger partial charge in [-0.2, -0.15) is 0 Å². The number of rotatable bonds is 0. The number of hydrogen-bond acceptors (Lipinski definition) is 3. The smallest absolute Gasteiger partial charge is 0.230 e. The molecule has 0 unspecified atom stereocenters. The lowest BCUT2D eigenvalue weighted by Crippen LogP contribution is -2.07. The largest absolute Gasteiger partial charge is 0.324 e. The van der Waals surface area contributed by atoms with Crippen LogP contribution in [0.5, 0.6) is 0 Å². The normalized spacial score (nSPS) is 13.4. The van der Waals surface area contributed by atoms with Crippen molar-refractivity contribution in [3.05, 3.63) is 44.4 Å². The molecule has 0 atom stereocenters. The minimum absolute atomic E-state index is 0.0247. The van der Waals surface area contributed by atoms with E-state index in [4.69, 9.17) is 11.6 Å². The van der Waals surface area contributed by atoms with Crippen LogP contribution in [0.25, 0.3) is 0 Å². The van der Waals surface area contributed by atoms with Crippen LogP contribution in [0.2, 0.25) is 4.34 Å². The number of aromatic nitrogens is 1. The highest BCUT2D eigenvalue weighted by atomic mass is 35.5. The summed E-state index contributed by atoms with van der Waals surface area (Å²) in [6.07, 6.45) is 2.03. The summed E-state index contributed by atoms with van der Waals surface area (Å²) < 4.78 is 0.708. The van der Waals surface area contributed by atoms with Crippen molar-refractivity contribution in [1.82, 2.24) is 4.98 Å². The highest BCUT2D eigenvalue weighted by molar-refractivity contribution is 7.16. The molecule has 2 aromatic heterocycles. The van der Waals surface area contributed by atoms with Gasteiger partial charge in [-0.3, -0.25) is 9.78 Å². The summed E-state index contributed by atoms with van der Waals surface area (Å²) >= 11 is 7.84. The number of anilines is 1. The summed E-state index contributed by atoms with van der Waals surface area (Å²) in [6, 6.07) is 3.90. The maximum absolute atomic E-state index is 11.3. The molecule has 3 heterocycles. The van der Waals surface area contributed by atoms with E-state index in [2.05, 4.69) is 42.9 Å². The van der Waals surface area contributed by atoms with Gasteiger partial charge < -0.3 is 5.32 Å². The van der Waals surface area contributed by atoms with Gasteiger partial charge in [-0.15, -0.1) is 11.3 Å². The Morgan fingerprint density at radius 3 is 2.77 bits per heavy atom. The van der Waals surface area contributed by atoms with Crippen LogP contribution in [0.4, 0.5) is 5.69 Å². The molecule has 1 aliphatic rings. The lowest BCUT2D eigenvalue weighted by atomic mass is 9.94. The summed E-state index contributed by atoms with van der Waals surface area (Å²) in [5.74, 6) is 6.14. The number of halogens is 1. The maximum Gasteiger partial charge on any atom is 0.230 e. The Balaban J connectivity index is 1.89. The fraction of sp³-hybridized carbons (Fsp3) is 0.294. The van der Waals surface area contributed by atoms with Crippen LogP contribution in [0.15, 0.2) is 18.3 Å². The molecular formula is C17H15ClN2OS. The predicted octanol–water partition coefficient (Wildman–Crippen LogP) is 3.99. The molecular weight excluding hydrogens is 316 g/mol. The van der Waals surface area contributed by atoms with Crippen LogP contribution in [0.1, 0.15) is 42.5 Å². The molecule has 2 aromatic rings. The van der Waals surface area contributed by atoms with Crippen LogP contribution in [0, 0.1) is 11.8 Å². The molecule has 112 valence electrons. The zero-order chi connectivity index (χ0) is 15.9. The molecule has 0 aromatic carbocycles. The number of nitrogens with one attached hydrogen (secondary N) is 1. The molecule has 0 fully saturated rings. The summed E-state index contributed by atoms with van der Waals surface area (Å²) in [7, 11) is 0. The first-order chi connectivity index (χ1) is 10.3. The van der Waals surface area contributed by atoms with Crippen molar-refractivity contribution < 1.29 is 4.79 Å². The quantitative estimate of drug-likeness (QED) is 0.742. The molecule has 3 nitrogen and oxygen atoms in total. The molecule has 0 saturated carbocycles. The molecule has 1 N–H and O–H groups in total. The van der Waals surface area contributed by atoms with Gasteiger partial charge in [-0.05, 0) is 17.5 Å². The van der Waals surface area contributed by atoms with Crippen molar-refractivity contribution in [2.75, 3.05) is 5.32 Å². The van der Waals surface area contributed by atoms with Gasteiger partial charge in [-0.1, -0.05) is 44.2 Å². The van der Waals surface area contributed by atoms with Crippen LogP contribution >= 0.6 is 22.9 Å². The number of amides is 1. The number of carbonyl (C=O) groups excluding carboxylic acids is 1. The topological polar surface area (TPSA) is 42.0 Å². The monoisotopic (exact) mass is 330 g/mol. The number of carbonyl (C=O) groups is 1. The van der Waals surface area contributed by atoms with Crippen molar-refractivity contribution >= 4 is 34.5 Å². The Morgan fingerprint density at radius 1 is 1.32 bits per heavy atom. The molecule has 1 amide bonds. The van der Waals surface area contributed by atoms with Gasteiger partial charge in [0.2, 0.25) is 5.91 Å². The van der Waals surface area contributed by atoms with Crippen LogP contribution in [0.3, 0.4) is 0 Å². The molecule has 5 heteroatoms. The first-order valence-corrected chi connectivity index (χ1v) is 8.13. The van der Waals surface area contributed by atoms with E-state index < -0.39 is 0 Å². The van der Waals surface area contributed by atoms with E-state index in [1.54, 1.807) is 17.5 Å². The first kappa shape index (κ1) is 15.1. The van der Waals surface area contributed by atoms with Crippen molar-refractivity contribution in [2.24, 2.45) is 0 Å². The first-order valence-electron chi connectivity index (χ1n) is 6.93. The molecule has 3 rings (SSSR count). The molecule has 0 aliphatic carbocycles. The summed E-state index contributed by atoms with van der Waals surface area (Å²) in [5.41, 5.74) is 3.19. The van der Waals surface area contributed by atoms with E-state index in [0.29, 0.717) is 10.8 Å². The van der Waals surface area contributed by atoms with Gasteiger partial charge in [0.15, 0.2) is 0 Å². The molecule has 0 radical (unpaired) electrons. The second-order valence-electron chi connectivity index (χ2n) is 6.24. The number of fused-ring (bicyclic) bond motifs is 1. The van der Waals surface area contributed by atoms with Crippen molar-refractivity contribution in [1.29, 1.82) is 0 Å². The minimum atomic E-state index is -0.0247. The lowest BCUT2D eigenvalue weighted by molar-refractivity contribution is -0.115. The molecule has 22 heavy (non-hydrogen) atoms. The summed E-state index contributed by atoms with van der Waals surface area (Å²) in [4.78, 5) is 16.8. The molecule has 1 aliphatic heterocycles. The van der Waals surface area contributed by atoms with Gasteiger partial charge in [0.1, 0.15) is 4.34 Å². The second kappa shape index (κ2) is 5.42. The van der Waals surface area contributed by atoms with E-state index >= 15 is 0 Å². The minimum Gasteiger partial charge on any atom is -0.324 e. The van der Waals surface area contributed by atoms with Gasteiger partial charge in [0.25, 0.3) is 0 Å². The summed E-state index contributed by atoms with van der Waals surface area (Å²) in [5, 5.41) is 2.78. The van der Waals surface area contributed by atoms with E-state index in [0.717, 1.165) is 22.5 Å². The second-order valence-corrected chi connectivity index (χ2v) is 7.90. The van der Waals surface area contributed by atoms with Gasteiger partial charge in [0, 0.05) is 16.6 Å². The highest BCUT2D eigenvalue weighted by Crippen LogP contribution is 2.35.